The molecule has 2 aliphatic heterocycles. The fourth-order valence-corrected chi connectivity index (χ4v) is 7.68. The second-order valence-electron chi connectivity index (χ2n) is 12.9. The van der Waals surface area contributed by atoms with E-state index in [9.17, 15) is 0 Å². The van der Waals surface area contributed by atoms with Gasteiger partial charge in [-0.25, -0.2) is 15.0 Å². The monoisotopic (exact) mass is 651 g/mol. The van der Waals surface area contributed by atoms with Crippen molar-refractivity contribution in [2.24, 2.45) is 0 Å². The highest BCUT2D eigenvalue weighted by atomic mass is 15.2. The first-order valence-electron chi connectivity index (χ1n) is 17.3. The normalized spacial score (nSPS) is 12.6. The van der Waals surface area contributed by atoms with Crippen LogP contribution in [-0.4, -0.2) is 21.7 Å². The lowest BCUT2D eigenvalue weighted by molar-refractivity contribution is 1.07. The summed E-state index contributed by atoms with van der Waals surface area (Å²) in [7, 11) is 0. The second kappa shape index (κ2) is 12.0. The van der Waals surface area contributed by atoms with Gasteiger partial charge < -0.3 is 9.80 Å². The molecule has 0 saturated heterocycles. The molecule has 0 atom stereocenters. The van der Waals surface area contributed by atoms with Crippen molar-refractivity contribution in [1.82, 2.24) is 15.0 Å². The van der Waals surface area contributed by atoms with Crippen molar-refractivity contribution in [3.8, 4) is 34.2 Å². The molecule has 0 amide bonds. The Morgan fingerprint density at radius 2 is 0.765 bits per heavy atom. The number of hydrogen-bond donors (Lipinski definition) is 0. The van der Waals surface area contributed by atoms with Gasteiger partial charge in [-0.3, -0.25) is 0 Å². The van der Waals surface area contributed by atoms with Crippen LogP contribution < -0.4 is 26.2 Å². The highest BCUT2D eigenvalue weighted by Crippen LogP contribution is 2.44. The Morgan fingerprint density at radius 1 is 0.333 bits per heavy atom. The van der Waals surface area contributed by atoms with Crippen LogP contribution in [0.3, 0.4) is 0 Å². The van der Waals surface area contributed by atoms with E-state index < -0.39 is 0 Å². The van der Waals surface area contributed by atoms with Crippen molar-refractivity contribution in [2.75, 3.05) is 9.80 Å². The molecule has 10 rings (SSSR count). The van der Waals surface area contributed by atoms with Gasteiger partial charge in [0, 0.05) is 50.8 Å². The lowest BCUT2D eigenvalue weighted by Gasteiger charge is -2.44. The smallest absolute Gasteiger partial charge is 0.252 e. The molecule has 238 valence electrons. The molecule has 1 aromatic heterocycles. The van der Waals surface area contributed by atoms with E-state index in [1.807, 2.05) is 60.7 Å². The lowest BCUT2D eigenvalue weighted by Crippen LogP contribution is -2.61. The number of rotatable bonds is 5. The third kappa shape index (κ3) is 4.84. The van der Waals surface area contributed by atoms with Crippen molar-refractivity contribution in [2.45, 2.75) is 0 Å². The molecular weight excluding hydrogens is 621 g/mol. The Bertz CT molecular complexity index is 2470. The van der Waals surface area contributed by atoms with Gasteiger partial charge in [0.05, 0.1) is 0 Å². The molecule has 0 radical (unpaired) electrons. The maximum atomic E-state index is 5.10. The Balaban J connectivity index is 1.23. The van der Waals surface area contributed by atoms with Crippen molar-refractivity contribution < 1.29 is 0 Å². The molecule has 3 heterocycles. The van der Waals surface area contributed by atoms with Gasteiger partial charge in [-0.1, -0.05) is 127 Å². The molecule has 0 unspecified atom stereocenters. The largest absolute Gasteiger partial charge is 0.311 e. The highest BCUT2D eigenvalue weighted by molar-refractivity contribution is 7.00. The standard InChI is InChI=1S/C45H30BN5/c1-5-16-31(17-6-1)43-47-44(32-18-7-2-8-19-32)49-45(48-43)33-28-29-39-37(30-33)46-36-24-13-14-25-38(36)50(34-20-9-3-10-21-34)40-26-15-27-41(42(40)46)51(39)35-22-11-4-12-23-35/h1-30H. The molecule has 0 N–H and O–H groups in total. The van der Waals surface area contributed by atoms with Gasteiger partial charge in [0.2, 0.25) is 0 Å². The minimum Gasteiger partial charge on any atom is -0.311 e. The van der Waals surface area contributed by atoms with E-state index in [1.165, 1.54) is 33.5 Å². The number of benzene rings is 7. The summed E-state index contributed by atoms with van der Waals surface area (Å²) in [6, 6.07) is 63.9. The minimum atomic E-state index is -0.00806. The van der Waals surface area contributed by atoms with Gasteiger partial charge in [-0.05, 0) is 71.0 Å². The summed E-state index contributed by atoms with van der Waals surface area (Å²) in [6.45, 7) is -0.00806. The molecule has 51 heavy (non-hydrogen) atoms. The van der Waals surface area contributed by atoms with Gasteiger partial charge >= 0.3 is 0 Å². The molecule has 0 aliphatic carbocycles. The topological polar surface area (TPSA) is 45.2 Å². The van der Waals surface area contributed by atoms with Crippen LogP contribution in [-0.2, 0) is 0 Å². The fraction of sp³-hybridized carbons (Fsp3) is 0. The van der Waals surface area contributed by atoms with Gasteiger partial charge in [0.1, 0.15) is 0 Å². The van der Waals surface area contributed by atoms with Crippen molar-refractivity contribution >= 4 is 57.2 Å². The molecule has 0 saturated carbocycles. The van der Waals surface area contributed by atoms with E-state index in [2.05, 4.69) is 131 Å². The van der Waals surface area contributed by atoms with Crippen molar-refractivity contribution in [1.29, 1.82) is 0 Å². The first-order chi connectivity index (χ1) is 25.3. The van der Waals surface area contributed by atoms with E-state index in [0.29, 0.717) is 17.5 Å². The maximum Gasteiger partial charge on any atom is 0.252 e. The number of nitrogens with zero attached hydrogens (tertiary/aromatic N) is 5. The number of hydrogen-bond acceptors (Lipinski definition) is 5. The van der Waals surface area contributed by atoms with E-state index in [1.54, 1.807) is 0 Å². The Morgan fingerprint density at radius 3 is 1.31 bits per heavy atom. The van der Waals surface area contributed by atoms with Crippen LogP contribution in [0.25, 0.3) is 34.2 Å². The Labute approximate surface area is 297 Å². The third-order valence-corrected chi connectivity index (χ3v) is 9.89. The number of aromatic nitrogens is 3. The predicted octanol–water partition coefficient (Wildman–Crippen LogP) is 8.96. The van der Waals surface area contributed by atoms with E-state index in [4.69, 9.17) is 15.0 Å². The molecule has 6 heteroatoms. The lowest BCUT2D eigenvalue weighted by atomic mass is 9.33. The van der Waals surface area contributed by atoms with Gasteiger partial charge in [0.15, 0.2) is 17.5 Å². The van der Waals surface area contributed by atoms with Crippen LogP contribution >= 0.6 is 0 Å². The molecule has 0 spiro atoms. The number of anilines is 6. The van der Waals surface area contributed by atoms with E-state index in [-0.39, 0.29) is 6.71 Å². The van der Waals surface area contributed by atoms with Crippen molar-refractivity contribution in [3.63, 3.8) is 0 Å². The van der Waals surface area contributed by atoms with Crippen LogP contribution in [0.15, 0.2) is 182 Å². The molecule has 8 aromatic rings. The first-order valence-corrected chi connectivity index (χ1v) is 17.3. The number of para-hydroxylation sites is 3. The van der Waals surface area contributed by atoms with Crippen LogP contribution in [0.1, 0.15) is 0 Å². The average Bonchev–Trinajstić information content (AvgIpc) is 3.21. The molecule has 0 bridgehead atoms. The molecule has 7 aromatic carbocycles. The summed E-state index contributed by atoms with van der Waals surface area (Å²) in [5.74, 6) is 1.94. The molecular formula is C45H30BN5. The zero-order chi connectivity index (χ0) is 33.7. The predicted molar refractivity (Wildman–Crippen MR) is 210 cm³/mol. The van der Waals surface area contributed by atoms with Crippen LogP contribution in [0, 0.1) is 0 Å². The maximum absolute atomic E-state index is 5.10. The number of fused-ring (bicyclic) bond motifs is 4. The summed E-state index contributed by atoms with van der Waals surface area (Å²) < 4.78 is 0. The average molecular weight is 652 g/mol. The van der Waals surface area contributed by atoms with Gasteiger partial charge in [0.25, 0.3) is 6.71 Å². The minimum absolute atomic E-state index is 0.00806. The van der Waals surface area contributed by atoms with Crippen LogP contribution in [0.5, 0.6) is 0 Å². The van der Waals surface area contributed by atoms with Crippen molar-refractivity contribution in [3.05, 3.63) is 182 Å². The summed E-state index contributed by atoms with van der Waals surface area (Å²) in [4.78, 5) is 20.0. The fourth-order valence-electron chi connectivity index (χ4n) is 7.68. The summed E-state index contributed by atoms with van der Waals surface area (Å²) >= 11 is 0. The summed E-state index contributed by atoms with van der Waals surface area (Å²) in [6.07, 6.45) is 0. The zero-order valence-electron chi connectivity index (χ0n) is 27.6. The van der Waals surface area contributed by atoms with Crippen LogP contribution in [0.4, 0.5) is 34.1 Å². The second-order valence-corrected chi connectivity index (χ2v) is 12.9. The summed E-state index contributed by atoms with van der Waals surface area (Å²) in [5, 5.41) is 0. The van der Waals surface area contributed by atoms with E-state index >= 15 is 0 Å². The zero-order valence-corrected chi connectivity index (χ0v) is 27.6. The SMILES string of the molecule is c1ccc(-c2nc(-c3ccccc3)nc(-c3ccc4c(c3)B3c5ccccc5N(c5ccccc5)c5cccc(c53)N4c3ccccc3)n2)cc1. The van der Waals surface area contributed by atoms with E-state index in [0.717, 1.165) is 33.8 Å². The van der Waals surface area contributed by atoms with Gasteiger partial charge in [-0.15, -0.1) is 0 Å². The molecule has 2 aliphatic rings. The Kier molecular flexibility index (Phi) is 6.84. The molecule has 0 fully saturated rings. The highest BCUT2D eigenvalue weighted by Gasteiger charge is 2.43. The summed E-state index contributed by atoms with van der Waals surface area (Å²) in [5.41, 5.74) is 13.5. The molecule has 5 nitrogen and oxygen atoms in total. The first kappa shape index (κ1) is 29.2. The Hall–Kier alpha value is -6.79. The van der Waals surface area contributed by atoms with Crippen LogP contribution in [0.2, 0.25) is 0 Å². The quantitative estimate of drug-likeness (QED) is 0.174. The third-order valence-electron chi connectivity index (χ3n) is 9.89. The van der Waals surface area contributed by atoms with Gasteiger partial charge in [-0.2, -0.15) is 0 Å².